The smallest absolute Gasteiger partial charge is 0.167 e. The van der Waals surface area contributed by atoms with E-state index in [9.17, 15) is 0 Å². The summed E-state index contributed by atoms with van der Waals surface area (Å²) in [5, 5.41) is 4.71. The standard InChI is InChI=1S/C43H26ClN3O/c44-37-26-38-39(34-15-8-7-14-33(34)37)35-16-9-17-36(40(35)48-38)43-46-41(31-12-5-2-6-13-31)45-42(47-43)32-24-22-30(23-25-32)29-20-18-28(19-21-29)27-10-3-1-4-11-27/h1-26H. The Labute approximate surface area is 282 Å². The van der Waals surface area contributed by atoms with E-state index < -0.39 is 0 Å². The van der Waals surface area contributed by atoms with Gasteiger partial charge in [0.25, 0.3) is 0 Å². The third-order valence-corrected chi connectivity index (χ3v) is 9.14. The number of para-hydroxylation sites is 1. The molecule has 226 valence electrons. The van der Waals surface area contributed by atoms with Crippen molar-refractivity contribution in [2.24, 2.45) is 0 Å². The molecule has 2 heterocycles. The van der Waals surface area contributed by atoms with Crippen LogP contribution in [0.2, 0.25) is 5.02 Å². The Kier molecular flexibility index (Phi) is 6.81. The number of benzene rings is 7. The lowest BCUT2D eigenvalue weighted by atomic mass is 9.99. The van der Waals surface area contributed by atoms with Crippen LogP contribution in [0.1, 0.15) is 0 Å². The molecule has 0 spiro atoms. The molecule has 7 aromatic carbocycles. The molecule has 0 bridgehead atoms. The Morgan fingerprint density at radius 1 is 0.396 bits per heavy atom. The highest BCUT2D eigenvalue weighted by atomic mass is 35.5. The molecule has 0 aliphatic heterocycles. The largest absolute Gasteiger partial charge is 0.455 e. The van der Waals surface area contributed by atoms with Crippen LogP contribution >= 0.6 is 11.6 Å². The number of furan rings is 1. The van der Waals surface area contributed by atoms with Gasteiger partial charge in [-0.2, -0.15) is 0 Å². The molecule has 0 fully saturated rings. The minimum Gasteiger partial charge on any atom is -0.455 e. The van der Waals surface area contributed by atoms with E-state index in [0.717, 1.165) is 54.9 Å². The van der Waals surface area contributed by atoms with Crippen LogP contribution in [0.5, 0.6) is 0 Å². The lowest BCUT2D eigenvalue weighted by molar-refractivity contribution is 0.670. The first-order valence-corrected chi connectivity index (χ1v) is 16.2. The average molecular weight is 636 g/mol. The molecule has 4 nitrogen and oxygen atoms in total. The van der Waals surface area contributed by atoms with E-state index in [1.54, 1.807) is 0 Å². The zero-order chi connectivity index (χ0) is 32.0. The van der Waals surface area contributed by atoms with Crippen molar-refractivity contribution in [2.75, 3.05) is 0 Å². The lowest BCUT2D eigenvalue weighted by Gasteiger charge is -2.10. The van der Waals surface area contributed by atoms with Gasteiger partial charge in [-0.1, -0.05) is 157 Å². The SMILES string of the molecule is Clc1cc2oc3c(-c4nc(-c5ccccc5)nc(-c5ccc(-c6ccc(-c7ccccc7)cc6)cc5)n4)cccc3c2c2ccccc12. The van der Waals surface area contributed by atoms with Crippen molar-refractivity contribution in [3.63, 3.8) is 0 Å². The second-order valence-corrected chi connectivity index (χ2v) is 12.2. The Hall–Kier alpha value is -6.10. The minimum absolute atomic E-state index is 0.541. The van der Waals surface area contributed by atoms with Crippen LogP contribution in [0.15, 0.2) is 162 Å². The van der Waals surface area contributed by atoms with Crippen molar-refractivity contribution >= 4 is 44.3 Å². The maximum Gasteiger partial charge on any atom is 0.167 e. The van der Waals surface area contributed by atoms with Gasteiger partial charge in [0.1, 0.15) is 11.2 Å². The molecule has 0 aliphatic rings. The Morgan fingerprint density at radius 3 is 1.48 bits per heavy atom. The van der Waals surface area contributed by atoms with Crippen LogP contribution in [0.25, 0.3) is 89.1 Å². The lowest BCUT2D eigenvalue weighted by Crippen LogP contribution is -2.00. The fourth-order valence-corrected chi connectivity index (χ4v) is 6.70. The third-order valence-electron chi connectivity index (χ3n) is 8.83. The van der Waals surface area contributed by atoms with Crippen molar-refractivity contribution in [3.8, 4) is 56.4 Å². The first-order valence-electron chi connectivity index (χ1n) is 15.8. The summed E-state index contributed by atoms with van der Waals surface area (Å²) in [6.45, 7) is 0. The van der Waals surface area contributed by atoms with E-state index in [4.69, 9.17) is 31.0 Å². The van der Waals surface area contributed by atoms with Gasteiger partial charge in [0.05, 0.1) is 10.6 Å². The van der Waals surface area contributed by atoms with Gasteiger partial charge in [-0.05, 0) is 33.7 Å². The van der Waals surface area contributed by atoms with Crippen molar-refractivity contribution in [1.29, 1.82) is 0 Å². The normalized spacial score (nSPS) is 11.4. The number of hydrogen-bond donors (Lipinski definition) is 0. The van der Waals surface area contributed by atoms with E-state index in [0.29, 0.717) is 28.1 Å². The zero-order valence-electron chi connectivity index (χ0n) is 25.6. The van der Waals surface area contributed by atoms with Gasteiger partial charge in [0.2, 0.25) is 0 Å². The summed E-state index contributed by atoms with van der Waals surface area (Å²) in [5.74, 6) is 1.73. The van der Waals surface area contributed by atoms with Crippen LogP contribution in [0.3, 0.4) is 0 Å². The molecular formula is C43H26ClN3O. The van der Waals surface area contributed by atoms with Gasteiger partial charge in [-0.15, -0.1) is 0 Å². The van der Waals surface area contributed by atoms with E-state index in [1.165, 1.54) is 11.1 Å². The molecule has 9 rings (SSSR count). The maximum atomic E-state index is 6.69. The summed E-state index contributed by atoms with van der Waals surface area (Å²) in [6.07, 6.45) is 0. The monoisotopic (exact) mass is 635 g/mol. The van der Waals surface area contributed by atoms with Crippen molar-refractivity contribution < 1.29 is 4.42 Å². The molecule has 0 unspecified atom stereocenters. The molecular weight excluding hydrogens is 610 g/mol. The predicted molar refractivity (Wildman–Crippen MR) is 197 cm³/mol. The van der Waals surface area contributed by atoms with E-state index in [1.807, 2.05) is 72.8 Å². The summed E-state index contributed by atoms with van der Waals surface area (Å²) in [5.41, 5.74) is 8.70. The highest BCUT2D eigenvalue weighted by Gasteiger charge is 2.19. The second-order valence-electron chi connectivity index (χ2n) is 11.8. The van der Waals surface area contributed by atoms with Gasteiger partial charge in [-0.25, -0.2) is 15.0 Å². The van der Waals surface area contributed by atoms with Gasteiger partial charge in [0, 0.05) is 33.4 Å². The van der Waals surface area contributed by atoms with Crippen LogP contribution in [0, 0.1) is 0 Å². The number of fused-ring (bicyclic) bond motifs is 5. The quantitative estimate of drug-likeness (QED) is 0.189. The third kappa shape index (κ3) is 4.91. The van der Waals surface area contributed by atoms with Crippen molar-refractivity contribution in [3.05, 3.63) is 163 Å². The number of hydrogen-bond acceptors (Lipinski definition) is 4. The van der Waals surface area contributed by atoms with Crippen LogP contribution in [0.4, 0.5) is 0 Å². The minimum atomic E-state index is 0.541. The second kappa shape index (κ2) is 11.6. The van der Waals surface area contributed by atoms with E-state index in [-0.39, 0.29) is 0 Å². The summed E-state index contributed by atoms with van der Waals surface area (Å²) in [6, 6.07) is 53.6. The number of rotatable bonds is 5. The van der Waals surface area contributed by atoms with Crippen molar-refractivity contribution in [2.45, 2.75) is 0 Å². The molecule has 0 amide bonds. The number of aromatic nitrogens is 3. The Bertz CT molecular complexity index is 2600. The van der Waals surface area contributed by atoms with Crippen molar-refractivity contribution in [1.82, 2.24) is 15.0 Å². The summed E-state index contributed by atoms with van der Waals surface area (Å²) < 4.78 is 6.53. The Morgan fingerprint density at radius 2 is 0.854 bits per heavy atom. The van der Waals surface area contributed by atoms with Crippen LogP contribution in [-0.2, 0) is 0 Å². The highest BCUT2D eigenvalue weighted by Crippen LogP contribution is 2.41. The molecule has 0 aliphatic carbocycles. The van der Waals surface area contributed by atoms with Gasteiger partial charge < -0.3 is 4.42 Å². The van der Waals surface area contributed by atoms with E-state index >= 15 is 0 Å². The van der Waals surface area contributed by atoms with Gasteiger partial charge >= 0.3 is 0 Å². The molecule has 9 aromatic rings. The number of nitrogens with zero attached hydrogens (tertiary/aromatic N) is 3. The molecule has 0 N–H and O–H groups in total. The average Bonchev–Trinajstić information content (AvgIpc) is 3.54. The molecule has 0 radical (unpaired) electrons. The molecule has 0 saturated carbocycles. The summed E-state index contributed by atoms with van der Waals surface area (Å²) in [4.78, 5) is 15.0. The molecule has 0 atom stereocenters. The maximum absolute atomic E-state index is 6.69. The number of halogens is 1. The molecule has 2 aromatic heterocycles. The van der Waals surface area contributed by atoms with Crippen LogP contribution in [-0.4, -0.2) is 15.0 Å². The highest BCUT2D eigenvalue weighted by molar-refractivity contribution is 6.38. The summed E-state index contributed by atoms with van der Waals surface area (Å²) in [7, 11) is 0. The first kappa shape index (κ1) is 28.1. The molecule has 48 heavy (non-hydrogen) atoms. The fraction of sp³-hybridized carbons (Fsp3) is 0. The van der Waals surface area contributed by atoms with E-state index in [2.05, 4.69) is 84.9 Å². The van der Waals surface area contributed by atoms with Gasteiger partial charge in [0.15, 0.2) is 17.5 Å². The Balaban J connectivity index is 1.16. The topological polar surface area (TPSA) is 51.8 Å². The fourth-order valence-electron chi connectivity index (χ4n) is 6.43. The van der Waals surface area contributed by atoms with Crippen LogP contribution < -0.4 is 0 Å². The first-order chi connectivity index (χ1) is 23.7. The zero-order valence-corrected chi connectivity index (χ0v) is 26.4. The summed E-state index contributed by atoms with van der Waals surface area (Å²) >= 11 is 6.69. The molecule has 5 heteroatoms. The molecule has 0 saturated heterocycles. The predicted octanol–water partition coefficient (Wildman–Crippen LogP) is 11.9. The van der Waals surface area contributed by atoms with Gasteiger partial charge in [-0.3, -0.25) is 0 Å².